The van der Waals surface area contributed by atoms with Crippen LogP contribution in [0.5, 0.6) is 0 Å². The van der Waals surface area contributed by atoms with Gasteiger partial charge in [-0.25, -0.2) is 0 Å². The fourth-order valence-electron chi connectivity index (χ4n) is 3.48. The summed E-state index contributed by atoms with van der Waals surface area (Å²) in [6.07, 6.45) is 0. The number of rotatable bonds is 6. The Bertz CT molecular complexity index is 1020. The molecule has 0 aliphatic rings. The molecule has 0 aliphatic heterocycles. The lowest BCUT2D eigenvalue weighted by Crippen LogP contribution is -2.30. The number of benzene rings is 4. The van der Waals surface area contributed by atoms with Crippen LogP contribution < -0.4 is 26.1 Å². The van der Waals surface area contributed by atoms with E-state index in [0.717, 1.165) is 0 Å². The van der Waals surface area contributed by atoms with E-state index in [1.165, 1.54) is 28.0 Å². The van der Waals surface area contributed by atoms with Crippen LogP contribution in [0.3, 0.4) is 0 Å². The molecule has 1 atom stereocenters. The zero-order valence-electron chi connectivity index (χ0n) is 18.4. The minimum Gasteiger partial charge on any atom is -0.775 e. The molecular weight excluding hydrogens is 434 g/mol. The Labute approximate surface area is 191 Å². The minimum absolute atomic E-state index is 0.176. The Kier molecular flexibility index (Phi) is 8.56. The average molecular weight is 462 g/mol. The highest BCUT2D eigenvalue weighted by atomic mass is 31.2. The summed E-state index contributed by atoms with van der Waals surface area (Å²) in [7, 11) is -5.32. The molecule has 0 fully saturated rings. The van der Waals surface area contributed by atoms with E-state index in [0.29, 0.717) is 0 Å². The van der Waals surface area contributed by atoms with Gasteiger partial charge >= 0.3 is 0 Å². The van der Waals surface area contributed by atoms with E-state index < -0.39 is 14.9 Å². The van der Waals surface area contributed by atoms with Crippen LogP contribution in [0.1, 0.15) is 6.92 Å². The van der Waals surface area contributed by atoms with Crippen molar-refractivity contribution < 1.29 is 14.0 Å². The summed E-state index contributed by atoms with van der Waals surface area (Å²) < 4.78 is 15.9. The molecule has 0 N–H and O–H groups in total. The van der Waals surface area contributed by atoms with E-state index in [-0.39, 0.29) is 11.9 Å². The molecule has 164 valence electrons. The van der Waals surface area contributed by atoms with Gasteiger partial charge in [0.05, 0.1) is 13.3 Å². The van der Waals surface area contributed by atoms with Gasteiger partial charge in [-0.2, -0.15) is 0 Å². The molecule has 0 amide bonds. The van der Waals surface area contributed by atoms with Crippen LogP contribution in [0.25, 0.3) is 0 Å². The second kappa shape index (κ2) is 11.4. The van der Waals surface area contributed by atoms with Crippen LogP contribution in [0.4, 0.5) is 0 Å². The van der Waals surface area contributed by atoms with Gasteiger partial charge in [0.2, 0.25) is 0 Å². The Morgan fingerprint density at radius 1 is 0.656 bits per heavy atom. The largest absolute Gasteiger partial charge is 0.775 e. The second-order valence-electron chi connectivity index (χ2n) is 7.26. The summed E-state index contributed by atoms with van der Waals surface area (Å²) in [5, 5.41) is 4.51. The molecule has 3 nitrogen and oxygen atoms in total. The Hall–Kier alpha value is -2.54. The molecule has 0 saturated carbocycles. The smallest absolute Gasteiger partial charge is 0.165 e. The van der Waals surface area contributed by atoms with Crippen molar-refractivity contribution in [2.45, 2.75) is 6.92 Å². The quantitative estimate of drug-likeness (QED) is 0.396. The van der Waals surface area contributed by atoms with Gasteiger partial charge in [0.1, 0.15) is 23.2 Å². The highest BCUT2D eigenvalue weighted by Crippen LogP contribution is 2.51. The molecule has 4 aromatic carbocycles. The summed E-state index contributed by atoms with van der Waals surface area (Å²) in [5.41, 5.74) is 0. The maximum atomic E-state index is 11.2. The fourth-order valence-corrected chi connectivity index (χ4v) is 7.71. The fraction of sp³-hybridized carbons (Fsp3) is 0.111. The van der Waals surface area contributed by atoms with Gasteiger partial charge in [-0.15, -0.1) is 0 Å². The first-order valence-corrected chi connectivity index (χ1v) is 14.3. The third-order valence-electron chi connectivity index (χ3n) is 5.19. The molecule has 0 aromatic heterocycles. The summed E-state index contributed by atoms with van der Waals surface area (Å²) in [5.74, 6) is 0. The van der Waals surface area contributed by atoms with Crippen molar-refractivity contribution in [3.8, 4) is 0 Å². The van der Waals surface area contributed by atoms with Crippen LogP contribution in [0.2, 0.25) is 0 Å². The van der Waals surface area contributed by atoms with Crippen LogP contribution >= 0.6 is 14.9 Å². The Balaban J connectivity index is 0.000000207. The zero-order chi connectivity index (χ0) is 22.9. The second-order valence-corrected chi connectivity index (χ2v) is 12.6. The molecule has 32 heavy (non-hydrogen) atoms. The Morgan fingerprint density at radius 2 is 0.969 bits per heavy atom. The lowest BCUT2D eigenvalue weighted by Gasteiger charge is -2.22. The van der Waals surface area contributed by atoms with Crippen molar-refractivity contribution in [1.82, 2.24) is 0 Å². The molecule has 0 aliphatic carbocycles. The third kappa shape index (κ3) is 5.82. The number of hydrogen-bond acceptors (Lipinski definition) is 3. The number of hydrogen-bond donors (Lipinski definition) is 0. The van der Waals surface area contributed by atoms with Crippen LogP contribution in [0.15, 0.2) is 121 Å². The molecule has 5 heteroatoms. The SMILES string of the molecule is CCOP(=O)([O-])c1ccccc1.C[P+](c1ccccc1)(c1ccccc1)c1ccccc1. The molecule has 1 unspecified atom stereocenters. The molecule has 0 spiro atoms. The van der Waals surface area contributed by atoms with Crippen molar-refractivity contribution in [1.29, 1.82) is 0 Å². The first kappa shape index (κ1) is 24.1. The van der Waals surface area contributed by atoms with Gasteiger partial charge in [-0.3, -0.25) is 0 Å². The molecular formula is C27H28O3P2. The normalized spacial score (nSPS) is 12.8. The summed E-state index contributed by atoms with van der Waals surface area (Å²) in [6.45, 7) is 4.23. The Morgan fingerprint density at radius 3 is 1.28 bits per heavy atom. The van der Waals surface area contributed by atoms with Gasteiger partial charge in [-0.1, -0.05) is 84.9 Å². The monoisotopic (exact) mass is 462 g/mol. The highest BCUT2D eigenvalue weighted by Gasteiger charge is 2.39. The van der Waals surface area contributed by atoms with E-state index in [4.69, 9.17) is 0 Å². The molecule has 0 heterocycles. The molecule has 4 aromatic rings. The van der Waals surface area contributed by atoms with Crippen molar-refractivity contribution in [3.63, 3.8) is 0 Å². The van der Waals surface area contributed by atoms with Gasteiger partial charge in [0, 0.05) is 5.30 Å². The van der Waals surface area contributed by atoms with E-state index in [1.54, 1.807) is 25.1 Å². The van der Waals surface area contributed by atoms with E-state index in [2.05, 4.69) is 102 Å². The molecule has 0 saturated heterocycles. The van der Waals surface area contributed by atoms with Gasteiger partial charge < -0.3 is 14.0 Å². The summed E-state index contributed by atoms with van der Waals surface area (Å²) in [6, 6.07) is 40.8. The van der Waals surface area contributed by atoms with Crippen LogP contribution in [-0.2, 0) is 9.09 Å². The predicted molar refractivity (Wildman–Crippen MR) is 136 cm³/mol. The van der Waals surface area contributed by atoms with Crippen molar-refractivity contribution in [2.75, 3.05) is 13.3 Å². The minimum atomic E-state index is -3.79. The van der Waals surface area contributed by atoms with E-state index >= 15 is 0 Å². The standard InChI is InChI=1S/C19H18P.C8H11O3P/c1-20(17-11-5-2-6-12-17,18-13-7-3-8-14-18)19-15-9-4-10-16-19;1-2-11-12(9,10)8-6-4-3-5-7-8/h2-16H,1H3;3-7H,2H2,1H3,(H,9,10)/q+1;/p-1. The topological polar surface area (TPSA) is 49.4 Å². The zero-order valence-corrected chi connectivity index (χ0v) is 20.2. The maximum absolute atomic E-state index is 11.2. The third-order valence-corrected chi connectivity index (χ3v) is 10.7. The lowest BCUT2D eigenvalue weighted by molar-refractivity contribution is -0.193. The summed E-state index contributed by atoms with van der Waals surface area (Å²) in [4.78, 5) is 11.2. The van der Waals surface area contributed by atoms with Crippen LogP contribution in [-0.4, -0.2) is 13.3 Å². The van der Waals surface area contributed by atoms with Crippen molar-refractivity contribution >= 4 is 36.1 Å². The highest BCUT2D eigenvalue weighted by molar-refractivity contribution is 7.95. The summed E-state index contributed by atoms with van der Waals surface area (Å²) >= 11 is 0. The predicted octanol–water partition coefficient (Wildman–Crippen LogP) is 4.51. The van der Waals surface area contributed by atoms with Gasteiger partial charge in [-0.05, 0) is 43.3 Å². The maximum Gasteiger partial charge on any atom is 0.165 e. The molecule has 0 bridgehead atoms. The average Bonchev–Trinajstić information content (AvgIpc) is 2.86. The first-order valence-electron chi connectivity index (χ1n) is 10.5. The van der Waals surface area contributed by atoms with Gasteiger partial charge in [0.15, 0.2) is 7.60 Å². The van der Waals surface area contributed by atoms with E-state index in [9.17, 15) is 9.46 Å². The van der Waals surface area contributed by atoms with Crippen molar-refractivity contribution in [3.05, 3.63) is 121 Å². The molecule has 4 rings (SSSR count). The molecule has 0 radical (unpaired) electrons. The van der Waals surface area contributed by atoms with Crippen LogP contribution in [0, 0.1) is 0 Å². The van der Waals surface area contributed by atoms with Crippen molar-refractivity contribution in [2.24, 2.45) is 0 Å². The van der Waals surface area contributed by atoms with Gasteiger partial charge in [0.25, 0.3) is 0 Å². The first-order chi connectivity index (χ1) is 15.5. The lowest BCUT2D eigenvalue weighted by atomic mass is 10.4. The van der Waals surface area contributed by atoms with E-state index in [1.807, 2.05) is 0 Å².